The summed E-state index contributed by atoms with van der Waals surface area (Å²) in [4.78, 5) is 0. The zero-order chi connectivity index (χ0) is 9.31. The molecule has 0 bridgehead atoms. The summed E-state index contributed by atoms with van der Waals surface area (Å²) in [6.07, 6.45) is 11.4. The van der Waals surface area contributed by atoms with Crippen molar-refractivity contribution in [3.05, 3.63) is 23.9 Å². The molecule has 0 saturated heterocycles. The maximum Gasteiger partial charge on any atom is 0.0422 e. The third-order valence-corrected chi connectivity index (χ3v) is 3.09. The third-order valence-electron chi connectivity index (χ3n) is 3.09. The van der Waals surface area contributed by atoms with Crippen molar-refractivity contribution in [1.82, 2.24) is 5.32 Å². The molecule has 2 nitrogen and oxygen atoms in total. The number of hydrogen-bond donors (Lipinski definition) is 2. The molecule has 2 heteroatoms. The van der Waals surface area contributed by atoms with E-state index < -0.39 is 0 Å². The van der Waals surface area contributed by atoms with Crippen LogP contribution in [-0.4, -0.2) is 12.6 Å². The van der Waals surface area contributed by atoms with Crippen LogP contribution in [0.15, 0.2) is 23.9 Å². The van der Waals surface area contributed by atoms with E-state index in [0.29, 0.717) is 0 Å². The molecule has 2 rings (SSSR count). The Labute approximate surface area is 79.9 Å². The molecule has 0 aromatic heterocycles. The molecule has 1 unspecified atom stereocenters. The molecule has 1 saturated carbocycles. The molecule has 0 aromatic rings. The van der Waals surface area contributed by atoms with Crippen LogP contribution in [0.1, 0.15) is 25.7 Å². The van der Waals surface area contributed by atoms with Gasteiger partial charge < -0.3 is 11.1 Å². The molecule has 72 valence electrons. The molecule has 2 aliphatic carbocycles. The number of rotatable bonds is 3. The molecule has 1 fully saturated rings. The number of nitrogens with one attached hydrogen (secondary N) is 1. The molecule has 0 spiro atoms. The SMILES string of the molecule is CNC1(CC2CC2)C=CC=C(N)C1. The highest BCUT2D eigenvalue weighted by molar-refractivity contribution is 5.26. The zero-order valence-electron chi connectivity index (χ0n) is 8.22. The van der Waals surface area contributed by atoms with Gasteiger partial charge >= 0.3 is 0 Å². The summed E-state index contributed by atoms with van der Waals surface area (Å²) in [5.74, 6) is 0.933. The Balaban J connectivity index is 2.06. The molecular formula is C11H18N2. The first-order valence-corrected chi connectivity index (χ1v) is 5.07. The first kappa shape index (κ1) is 8.82. The Kier molecular flexibility index (Phi) is 2.16. The lowest BCUT2D eigenvalue weighted by molar-refractivity contribution is 0.376. The molecule has 0 aromatic carbocycles. The van der Waals surface area contributed by atoms with Crippen molar-refractivity contribution in [2.45, 2.75) is 31.2 Å². The minimum absolute atomic E-state index is 0.153. The van der Waals surface area contributed by atoms with Crippen molar-refractivity contribution in [2.24, 2.45) is 11.7 Å². The Bertz CT molecular complexity index is 251. The summed E-state index contributed by atoms with van der Waals surface area (Å²) < 4.78 is 0. The molecule has 0 amide bonds. The van der Waals surface area contributed by atoms with Crippen LogP contribution in [0.4, 0.5) is 0 Å². The van der Waals surface area contributed by atoms with E-state index in [2.05, 4.69) is 17.5 Å². The van der Waals surface area contributed by atoms with Gasteiger partial charge in [-0.1, -0.05) is 25.0 Å². The molecule has 0 heterocycles. The van der Waals surface area contributed by atoms with E-state index in [1.165, 1.54) is 19.3 Å². The highest BCUT2D eigenvalue weighted by Crippen LogP contribution is 2.39. The summed E-state index contributed by atoms with van der Waals surface area (Å²) in [6, 6.07) is 0. The van der Waals surface area contributed by atoms with Crippen LogP contribution in [0.25, 0.3) is 0 Å². The molecule has 1 atom stereocenters. The Morgan fingerprint density at radius 2 is 2.38 bits per heavy atom. The van der Waals surface area contributed by atoms with Crippen LogP contribution >= 0.6 is 0 Å². The van der Waals surface area contributed by atoms with Gasteiger partial charge in [-0.15, -0.1) is 0 Å². The van der Waals surface area contributed by atoms with E-state index in [1.807, 2.05) is 13.1 Å². The van der Waals surface area contributed by atoms with Crippen molar-refractivity contribution in [3.63, 3.8) is 0 Å². The first-order chi connectivity index (χ1) is 6.24. The van der Waals surface area contributed by atoms with Crippen molar-refractivity contribution < 1.29 is 0 Å². The predicted molar refractivity (Wildman–Crippen MR) is 55.2 cm³/mol. The standard InChI is InChI=1S/C11H18N2/c1-13-11(7-9-4-5-9)6-2-3-10(12)8-11/h2-3,6,9,13H,4-5,7-8,12H2,1H3. The van der Waals surface area contributed by atoms with Crippen LogP contribution < -0.4 is 11.1 Å². The van der Waals surface area contributed by atoms with Crippen molar-refractivity contribution in [2.75, 3.05) is 7.05 Å². The second kappa shape index (κ2) is 3.18. The average molecular weight is 178 g/mol. The van der Waals surface area contributed by atoms with Crippen LogP contribution in [0.3, 0.4) is 0 Å². The van der Waals surface area contributed by atoms with Gasteiger partial charge in [0, 0.05) is 17.7 Å². The van der Waals surface area contributed by atoms with Crippen molar-refractivity contribution in [3.8, 4) is 0 Å². The third kappa shape index (κ3) is 1.94. The monoisotopic (exact) mass is 178 g/mol. The summed E-state index contributed by atoms with van der Waals surface area (Å²) in [6.45, 7) is 0. The van der Waals surface area contributed by atoms with Crippen molar-refractivity contribution in [1.29, 1.82) is 0 Å². The van der Waals surface area contributed by atoms with E-state index in [9.17, 15) is 0 Å². The van der Waals surface area contributed by atoms with Crippen molar-refractivity contribution >= 4 is 0 Å². The fourth-order valence-electron chi connectivity index (χ4n) is 2.09. The van der Waals surface area contributed by atoms with Gasteiger partial charge in [0.2, 0.25) is 0 Å². The fraction of sp³-hybridized carbons (Fsp3) is 0.636. The van der Waals surface area contributed by atoms with Crippen LogP contribution in [-0.2, 0) is 0 Å². The lowest BCUT2D eigenvalue weighted by Crippen LogP contribution is -2.43. The maximum absolute atomic E-state index is 5.85. The van der Waals surface area contributed by atoms with E-state index >= 15 is 0 Å². The van der Waals surface area contributed by atoms with Crippen LogP contribution in [0.5, 0.6) is 0 Å². The first-order valence-electron chi connectivity index (χ1n) is 5.07. The molecule has 2 aliphatic rings. The Morgan fingerprint density at radius 3 is 2.92 bits per heavy atom. The summed E-state index contributed by atoms with van der Waals surface area (Å²) in [7, 11) is 2.03. The van der Waals surface area contributed by atoms with Gasteiger partial charge in [0.1, 0.15) is 0 Å². The topological polar surface area (TPSA) is 38.0 Å². The smallest absolute Gasteiger partial charge is 0.0422 e. The van der Waals surface area contributed by atoms with Gasteiger partial charge in [0.15, 0.2) is 0 Å². The second-order valence-electron chi connectivity index (χ2n) is 4.33. The van der Waals surface area contributed by atoms with Gasteiger partial charge in [0.25, 0.3) is 0 Å². The minimum atomic E-state index is 0.153. The lowest BCUT2D eigenvalue weighted by Gasteiger charge is -2.32. The summed E-state index contributed by atoms with van der Waals surface area (Å²) in [5.41, 5.74) is 7.00. The van der Waals surface area contributed by atoms with Crippen LogP contribution in [0.2, 0.25) is 0 Å². The number of allylic oxidation sites excluding steroid dienone is 2. The second-order valence-corrected chi connectivity index (χ2v) is 4.33. The van der Waals surface area contributed by atoms with Gasteiger partial charge in [-0.25, -0.2) is 0 Å². The van der Waals surface area contributed by atoms with E-state index in [0.717, 1.165) is 18.0 Å². The number of hydrogen-bond acceptors (Lipinski definition) is 2. The highest BCUT2D eigenvalue weighted by atomic mass is 14.9. The predicted octanol–water partition coefficient (Wildman–Crippen LogP) is 1.55. The van der Waals surface area contributed by atoms with Gasteiger partial charge in [0.05, 0.1) is 0 Å². The number of likely N-dealkylation sites (N-methyl/N-ethyl adjacent to an activating group) is 1. The minimum Gasteiger partial charge on any atom is -0.402 e. The van der Waals surface area contributed by atoms with Gasteiger partial charge in [-0.3, -0.25) is 0 Å². The van der Waals surface area contributed by atoms with Gasteiger partial charge in [-0.05, 0) is 25.5 Å². The average Bonchev–Trinajstić information content (AvgIpc) is 2.88. The normalized spacial score (nSPS) is 33.2. The largest absolute Gasteiger partial charge is 0.402 e. The van der Waals surface area contributed by atoms with Gasteiger partial charge in [-0.2, -0.15) is 0 Å². The van der Waals surface area contributed by atoms with E-state index in [4.69, 9.17) is 5.73 Å². The van der Waals surface area contributed by atoms with Crippen LogP contribution in [0, 0.1) is 5.92 Å². The Morgan fingerprint density at radius 1 is 1.62 bits per heavy atom. The fourth-order valence-corrected chi connectivity index (χ4v) is 2.09. The quantitative estimate of drug-likeness (QED) is 0.688. The summed E-state index contributed by atoms with van der Waals surface area (Å²) in [5, 5.41) is 3.41. The molecule has 3 N–H and O–H groups in total. The molecule has 13 heavy (non-hydrogen) atoms. The molecular weight excluding hydrogens is 160 g/mol. The van der Waals surface area contributed by atoms with E-state index in [-0.39, 0.29) is 5.54 Å². The highest BCUT2D eigenvalue weighted by Gasteiger charge is 2.34. The van der Waals surface area contributed by atoms with E-state index in [1.54, 1.807) is 0 Å². The molecule has 0 aliphatic heterocycles. The number of nitrogens with two attached hydrogens (primary N) is 1. The summed E-state index contributed by atoms with van der Waals surface area (Å²) >= 11 is 0. The lowest BCUT2D eigenvalue weighted by atomic mass is 9.84. The Hall–Kier alpha value is -0.760. The zero-order valence-corrected chi connectivity index (χ0v) is 8.22. The molecule has 0 radical (unpaired) electrons. The maximum atomic E-state index is 5.85.